The molecule has 0 radical (unpaired) electrons. The maximum Gasteiger partial charge on any atom is 0.317 e. The molecule has 8 nitrogen and oxygen atoms in total. The van der Waals surface area contributed by atoms with E-state index < -0.39 is 4.92 Å². The minimum absolute atomic E-state index is 0.0268. The van der Waals surface area contributed by atoms with Gasteiger partial charge in [-0.25, -0.2) is 4.79 Å². The summed E-state index contributed by atoms with van der Waals surface area (Å²) in [6.07, 6.45) is 7.47. The predicted molar refractivity (Wildman–Crippen MR) is 108 cm³/mol. The number of nitrogens with one attached hydrogen (secondary N) is 1. The first kappa shape index (κ1) is 20.4. The lowest BCUT2D eigenvalue weighted by Crippen LogP contribution is -2.52. The van der Waals surface area contributed by atoms with E-state index in [0.29, 0.717) is 32.3 Å². The summed E-state index contributed by atoms with van der Waals surface area (Å²) in [6.45, 7) is 4.06. The number of ether oxygens (including phenoxy) is 1. The predicted octanol–water partition coefficient (Wildman–Crippen LogP) is 3.17. The van der Waals surface area contributed by atoms with Crippen LogP contribution in [0.2, 0.25) is 0 Å². The number of hydrogen-bond acceptors (Lipinski definition) is 5. The second kappa shape index (κ2) is 10.3. The molecule has 2 amide bonds. The van der Waals surface area contributed by atoms with Crippen LogP contribution in [0.1, 0.15) is 38.5 Å². The monoisotopic (exact) mass is 390 g/mol. The fraction of sp³-hybridized carbons (Fsp3) is 0.650. The molecule has 0 bridgehead atoms. The van der Waals surface area contributed by atoms with E-state index in [4.69, 9.17) is 4.74 Å². The third-order valence-electron chi connectivity index (χ3n) is 5.50. The van der Waals surface area contributed by atoms with Crippen LogP contribution in [-0.4, -0.2) is 61.3 Å². The normalized spacial score (nSPS) is 18.1. The second-order valence-electron chi connectivity index (χ2n) is 7.46. The van der Waals surface area contributed by atoms with E-state index in [0.717, 1.165) is 25.2 Å². The number of amides is 2. The molecule has 28 heavy (non-hydrogen) atoms. The van der Waals surface area contributed by atoms with Crippen LogP contribution < -0.4 is 10.2 Å². The van der Waals surface area contributed by atoms with Gasteiger partial charge >= 0.3 is 6.03 Å². The molecule has 1 aliphatic heterocycles. The number of piperazine rings is 1. The number of nitrogens with zero attached hydrogens (tertiary/aromatic N) is 3. The Morgan fingerprint density at radius 3 is 2.43 bits per heavy atom. The highest BCUT2D eigenvalue weighted by Crippen LogP contribution is 2.21. The van der Waals surface area contributed by atoms with Crippen molar-refractivity contribution in [3.05, 3.63) is 34.4 Å². The number of anilines is 1. The highest BCUT2D eigenvalue weighted by Gasteiger charge is 2.21. The van der Waals surface area contributed by atoms with Gasteiger partial charge in [-0.3, -0.25) is 10.1 Å². The summed E-state index contributed by atoms with van der Waals surface area (Å²) in [5, 5.41) is 13.7. The lowest BCUT2D eigenvalue weighted by molar-refractivity contribution is -0.384. The van der Waals surface area contributed by atoms with Gasteiger partial charge in [0.2, 0.25) is 0 Å². The lowest BCUT2D eigenvalue weighted by atomic mass is 9.98. The van der Waals surface area contributed by atoms with Gasteiger partial charge in [-0.2, -0.15) is 0 Å². The fourth-order valence-electron chi connectivity index (χ4n) is 3.81. The van der Waals surface area contributed by atoms with Crippen LogP contribution in [0.25, 0.3) is 0 Å². The molecule has 1 aromatic carbocycles. The number of non-ortho nitro benzene ring substituents is 1. The van der Waals surface area contributed by atoms with Crippen molar-refractivity contribution < 1.29 is 14.5 Å². The molecular formula is C20H30N4O4. The van der Waals surface area contributed by atoms with E-state index in [1.54, 1.807) is 12.1 Å². The number of carbonyl (C=O) groups excluding carboxylic acids is 1. The minimum Gasteiger partial charge on any atom is -0.378 e. The van der Waals surface area contributed by atoms with Crippen molar-refractivity contribution in [3.63, 3.8) is 0 Å². The molecule has 2 aliphatic rings. The average molecular weight is 390 g/mol. The molecule has 0 aromatic heterocycles. The van der Waals surface area contributed by atoms with Gasteiger partial charge in [0, 0.05) is 57.2 Å². The van der Waals surface area contributed by atoms with Crippen molar-refractivity contribution in [1.82, 2.24) is 10.2 Å². The first-order chi connectivity index (χ1) is 13.6. The van der Waals surface area contributed by atoms with Crippen molar-refractivity contribution in [2.75, 3.05) is 44.2 Å². The maximum absolute atomic E-state index is 12.3. The molecule has 8 heteroatoms. The van der Waals surface area contributed by atoms with Gasteiger partial charge < -0.3 is 19.9 Å². The molecule has 1 N–H and O–H groups in total. The van der Waals surface area contributed by atoms with Crippen LogP contribution in [0, 0.1) is 10.1 Å². The highest BCUT2D eigenvalue weighted by atomic mass is 16.6. The van der Waals surface area contributed by atoms with Crippen LogP contribution in [-0.2, 0) is 4.74 Å². The first-order valence-electron chi connectivity index (χ1n) is 10.3. The van der Waals surface area contributed by atoms with E-state index in [1.807, 2.05) is 4.90 Å². The van der Waals surface area contributed by atoms with Gasteiger partial charge in [0.05, 0.1) is 11.0 Å². The Labute approximate surface area is 166 Å². The zero-order chi connectivity index (χ0) is 19.8. The number of carbonyl (C=O) groups is 1. The second-order valence-corrected chi connectivity index (χ2v) is 7.46. The van der Waals surface area contributed by atoms with Crippen molar-refractivity contribution >= 4 is 17.4 Å². The van der Waals surface area contributed by atoms with Crippen LogP contribution in [0.3, 0.4) is 0 Å². The molecule has 1 saturated heterocycles. The Kier molecular flexibility index (Phi) is 7.47. The van der Waals surface area contributed by atoms with Crippen LogP contribution >= 0.6 is 0 Å². The van der Waals surface area contributed by atoms with Crippen molar-refractivity contribution in [2.24, 2.45) is 0 Å². The maximum atomic E-state index is 12.3. The molecule has 0 atom stereocenters. The Morgan fingerprint density at radius 2 is 1.79 bits per heavy atom. The molecule has 0 spiro atoms. The van der Waals surface area contributed by atoms with Gasteiger partial charge in [0.15, 0.2) is 0 Å². The smallest absolute Gasteiger partial charge is 0.317 e. The Balaban J connectivity index is 1.31. The van der Waals surface area contributed by atoms with E-state index in [1.165, 1.54) is 44.2 Å². The Bertz CT molecular complexity index is 638. The number of urea groups is 1. The fourth-order valence-corrected chi connectivity index (χ4v) is 3.81. The summed E-state index contributed by atoms with van der Waals surface area (Å²) < 4.78 is 5.88. The molecule has 1 heterocycles. The van der Waals surface area contributed by atoms with E-state index in [-0.39, 0.29) is 11.7 Å². The standard InChI is InChI=1S/C20H30N4O4/c25-20(21-11-4-16-28-19-5-2-1-3-6-19)23-14-12-22(13-15-23)17-7-9-18(10-8-17)24(26)27/h7-10,19H,1-6,11-16H2,(H,21,25). The van der Waals surface area contributed by atoms with Gasteiger partial charge in [0.25, 0.3) is 5.69 Å². The quantitative estimate of drug-likeness (QED) is 0.439. The third kappa shape index (κ3) is 5.82. The molecular weight excluding hydrogens is 360 g/mol. The Hall–Kier alpha value is -2.35. The number of nitro groups is 1. The molecule has 1 saturated carbocycles. The summed E-state index contributed by atoms with van der Waals surface area (Å²) in [5.74, 6) is 0. The summed E-state index contributed by atoms with van der Waals surface area (Å²) in [5.41, 5.74) is 1.04. The minimum atomic E-state index is -0.397. The zero-order valence-corrected chi connectivity index (χ0v) is 16.3. The molecule has 1 aromatic rings. The third-order valence-corrected chi connectivity index (χ3v) is 5.50. The molecule has 3 rings (SSSR count). The van der Waals surface area contributed by atoms with Gasteiger partial charge in [0.1, 0.15) is 0 Å². The molecule has 2 fully saturated rings. The van der Waals surface area contributed by atoms with E-state index >= 15 is 0 Å². The molecule has 0 unspecified atom stereocenters. The summed E-state index contributed by atoms with van der Waals surface area (Å²) in [4.78, 5) is 26.6. The first-order valence-corrected chi connectivity index (χ1v) is 10.3. The number of hydrogen-bond donors (Lipinski definition) is 1. The van der Waals surface area contributed by atoms with Crippen LogP contribution in [0.4, 0.5) is 16.2 Å². The number of benzene rings is 1. The highest BCUT2D eigenvalue weighted by molar-refractivity contribution is 5.74. The average Bonchev–Trinajstić information content (AvgIpc) is 2.74. The van der Waals surface area contributed by atoms with Crippen LogP contribution in [0.5, 0.6) is 0 Å². The summed E-state index contributed by atoms with van der Waals surface area (Å²) in [7, 11) is 0. The summed E-state index contributed by atoms with van der Waals surface area (Å²) >= 11 is 0. The van der Waals surface area contributed by atoms with E-state index in [2.05, 4.69) is 10.2 Å². The van der Waals surface area contributed by atoms with Gasteiger partial charge in [-0.15, -0.1) is 0 Å². The zero-order valence-electron chi connectivity index (χ0n) is 16.3. The summed E-state index contributed by atoms with van der Waals surface area (Å²) in [6, 6.07) is 6.54. The SMILES string of the molecule is O=C(NCCCOC1CCCCC1)N1CCN(c2ccc([N+](=O)[O-])cc2)CC1. The van der Waals surface area contributed by atoms with Crippen LogP contribution in [0.15, 0.2) is 24.3 Å². The number of nitro benzene ring substituents is 1. The van der Waals surface area contributed by atoms with Crippen molar-refractivity contribution in [3.8, 4) is 0 Å². The largest absolute Gasteiger partial charge is 0.378 e. The van der Waals surface area contributed by atoms with Gasteiger partial charge in [-0.05, 0) is 31.4 Å². The number of rotatable bonds is 7. The molecule has 154 valence electrons. The topological polar surface area (TPSA) is 88.0 Å². The van der Waals surface area contributed by atoms with E-state index in [9.17, 15) is 14.9 Å². The lowest BCUT2D eigenvalue weighted by Gasteiger charge is -2.36. The van der Waals surface area contributed by atoms with Gasteiger partial charge in [-0.1, -0.05) is 19.3 Å². The molecule has 1 aliphatic carbocycles. The van der Waals surface area contributed by atoms with Crippen molar-refractivity contribution in [2.45, 2.75) is 44.6 Å². The van der Waals surface area contributed by atoms with Crippen molar-refractivity contribution in [1.29, 1.82) is 0 Å². The Morgan fingerprint density at radius 1 is 1.11 bits per heavy atom.